The molecule has 2 aromatic rings. The highest BCUT2D eigenvalue weighted by Gasteiger charge is 2.59. The lowest BCUT2D eigenvalue weighted by atomic mass is 9.60. The van der Waals surface area contributed by atoms with Crippen molar-refractivity contribution in [3.05, 3.63) is 68.7 Å². The Hall–Kier alpha value is -1.95. The first-order valence-corrected chi connectivity index (χ1v) is 10.8. The monoisotopic (exact) mass is 466 g/mol. The number of hydrogen-bond acceptors (Lipinski definition) is 3. The number of ether oxygens (including phenoxy) is 1. The van der Waals surface area contributed by atoms with E-state index in [0.29, 0.717) is 34.5 Å². The van der Waals surface area contributed by atoms with Gasteiger partial charge in [-0.1, -0.05) is 53.0 Å². The molecule has 0 aromatic heterocycles. The lowest BCUT2D eigenvalue weighted by Crippen LogP contribution is -2.60. The van der Waals surface area contributed by atoms with Gasteiger partial charge in [-0.05, 0) is 60.1 Å². The number of hydrogen-bond donors (Lipinski definition) is 2. The molecule has 1 saturated carbocycles. The Labute approximate surface area is 190 Å². The van der Waals surface area contributed by atoms with Gasteiger partial charge in [-0.15, -0.1) is 0 Å². The fourth-order valence-corrected chi connectivity index (χ4v) is 5.70. The van der Waals surface area contributed by atoms with Gasteiger partial charge in [0, 0.05) is 27.5 Å². The number of fused-ring (bicyclic) bond motifs is 1. The molecule has 2 N–H and O–H groups in total. The van der Waals surface area contributed by atoms with Gasteiger partial charge >= 0.3 is 6.09 Å². The molecule has 1 heterocycles. The predicted molar refractivity (Wildman–Crippen MR) is 117 cm³/mol. The third kappa shape index (κ3) is 3.64. The Bertz CT molecular complexity index is 982. The minimum atomic E-state index is -1.03. The lowest BCUT2D eigenvalue weighted by molar-refractivity contribution is -0.126. The Morgan fingerprint density at radius 2 is 1.83 bits per heavy atom. The standard InChI is InChI=1S/C22H21Cl3N2O3/c1-30-21(29)27-22-9-8-16(15-7-6-14(24)10-18(15)25)19(17(22)11-26-20(22)28)12-2-4-13(23)5-3-12/h2-7,10,16-17,19H,8-9,11H2,1H3,(H,26,28)(H,27,29)/t16-,17-,19-,22-/m0/s1. The molecule has 158 valence electrons. The smallest absolute Gasteiger partial charge is 0.407 e. The van der Waals surface area contributed by atoms with E-state index in [9.17, 15) is 9.59 Å². The third-order valence-electron chi connectivity index (χ3n) is 6.36. The van der Waals surface area contributed by atoms with Crippen molar-refractivity contribution in [3.63, 3.8) is 0 Å². The molecule has 1 aliphatic carbocycles. The number of rotatable bonds is 3. The van der Waals surface area contributed by atoms with Crippen LogP contribution in [0, 0.1) is 5.92 Å². The van der Waals surface area contributed by atoms with Gasteiger partial charge in [0.05, 0.1) is 7.11 Å². The van der Waals surface area contributed by atoms with Crippen LogP contribution in [0.25, 0.3) is 0 Å². The van der Waals surface area contributed by atoms with E-state index in [-0.39, 0.29) is 23.7 Å². The van der Waals surface area contributed by atoms with E-state index in [1.54, 1.807) is 6.07 Å². The quantitative estimate of drug-likeness (QED) is 0.656. The number of nitrogens with one attached hydrogen (secondary N) is 2. The zero-order valence-corrected chi connectivity index (χ0v) is 18.5. The van der Waals surface area contributed by atoms with Gasteiger partial charge in [-0.3, -0.25) is 4.79 Å². The van der Waals surface area contributed by atoms with Crippen LogP contribution in [0.5, 0.6) is 0 Å². The highest BCUT2D eigenvalue weighted by molar-refractivity contribution is 6.35. The Kier molecular flexibility index (Phi) is 5.88. The fourth-order valence-electron chi connectivity index (χ4n) is 5.02. The van der Waals surface area contributed by atoms with Gasteiger partial charge < -0.3 is 15.4 Å². The third-order valence-corrected chi connectivity index (χ3v) is 7.18. The summed E-state index contributed by atoms with van der Waals surface area (Å²) in [4.78, 5) is 25.0. The molecular formula is C22H21Cl3N2O3. The molecule has 1 aliphatic heterocycles. The van der Waals surface area contributed by atoms with E-state index < -0.39 is 11.6 Å². The van der Waals surface area contributed by atoms with Crippen LogP contribution in [-0.2, 0) is 9.53 Å². The predicted octanol–water partition coefficient (Wildman–Crippen LogP) is 5.15. The summed E-state index contributed by atoms with van der Waals surface area (Å²) in [5, 5.41) is 7.60. The second-order valence-corrected chi connectivity index (χ2v) is 9.07. The molecule has 2 aromatic carbocycles. The first-order chi connectivity index (χ1) is 14.4. The van der Waals surface area contributed by atoms with E-state index in [0.717, 1.165) is 11.1 Å². The molecule has 2 aliphatic rings. The van der Waals surface area contributed by atoms with Gasteiger partial charge in [-0.2, -0.15) is 0 Å². The summed E-state index contributed by atoms with van der Waals surface area (Å²) < 4.78 is 4.82. The van der Waals surface area contributed by atoms with Crippen LogP contribution in [0.15, 0.2) is 42.5 Å². The van der Waals surface area contributed by atoms with Crippen LogP contribution in [0.2, 0.25) is 15.1 Å². The first kappa shape index (κ1) is 21.3. The zero-order valence-electron chi connectivity index (χ0n) is 16.3. The van der Waals surface area contributed by atoms with Gasteiger partial charge in [0.15, 0.2) is 0 Å². The van der Waals surface area contributed by atoms with Crippen molar-refractivity contribution in [2.45, 2.75) is 30.2 Å². The molecule has 4 atom stereocenters. The maximum atomic E-state index is 12.9. The Morgan fingerprint density at radius 3 is 2.50 bits per heavy atom. The molecule has 4 rings (SSSR count). The van der Waals surface area contributed by atoms with Gasteiger partial charge in [-0.25, -0.2) is 4.79 Å². The van der Waals surface area contributed by atoms with E-state index in [1.807, 2.05) is 36.4 Å². The van der Waals surface area contributed by atoms with Gasteiger partial charge in [0.1, 0.15) is 5.54 Å². The van der Waals surface area contributed by atoms with Crippen LogP contribution in [0.3, 0.4) is 0 Å². The number of benzene rings is 2. The van der Waals surface area contributed by atoms with Crippen molar-refractivity contribution in [2.24, 2.45) is 5.92 Å². The van der Waals surface area contributed by atoms with E-state index in [2.05, 4.69) is 10.6 Å². The summed E-state index contributed by atoms with van der Waals surface area (Å²) in [6, 6.07) is 13.1. The maximum Gasteiger partial charge on any atom is 0.407 e. The molecule has 30 heavy (non-hydrogen) atoms. The summed E-state index contributed by atoms with van der Waals surface area (Å²) in [6.07, 6.45) is 0.518. The van der Waals surface area contributed by atoms with Crippen LogP contribution in [0.1, 0.15) is 35.8 Å². The average molecular weight is 468 g/mol. The molecule has 2 amide bonds. The molecule has 0 bridgehead atoms. The highest BCUT2D eigenvalue weighted by Crippen LogP contribution is 2.54. The second kappa shape index (κ2) is 8.29. The number of methoxy groups -OCH3 is 1. The van der Waals surface area contributed by atoms with Crippen LogP contribution < -0.4 is 10.6 Å². The molecule has 0 radical (unpaired) electrons. The van der Waals surface area contributed by atoms with Crippen molar-refractivity contribution < 1.29 is 14.3 Å². The van der Waals surface area contributed by atoms with Crippen molar-refractivity contribution >= 4 is 46.8 Å². The summed E-state index contributed by atoms with van der Waals surface area (Å²) in [5.41, 5.74) is 0.979. The fraction of sp³-hybridized carbons (Fsp3) is 0.364. The van der Waals surface area contributed by atoms with Crippen molar-refractivity contribution in [3.8, 4) is 0 Å². The van der Waals surface area contributed by atoms with Crippen LogP contribution >= 0.6 is 34.8 Å². The molecule has 1 saturated heterocycles. The zero-order chi connectivity index (χ0) is 21.5. The summed E-state index contributed by atoms with van der Waals surface area (Å²) in [7, 11) is 1.30. The lowest BCUT2D eigenvalue weighted by Gasteiger charge is -2.46. The first-order valence-electron chi connectivity index (χ1n) is 9.70. The van der Waals surface area contributed by atoms with Crippen LogP contribution in [-0.4, -0.2) is 31.2 Å². The number of carbonyl (C=O) groups excluding carboxylic acids is 2. The normalized spacial score (nSPS) is 27.9. The Balaban J connectivity index is 1.82. The molecule has 0 spiro atoms. The number of amides is 2. The molecule has 0 unspecified atom stereocenters. The van der Waals surface area contributed by atoms with Crippen LogP contribution in [0.4, 0.5) is 4.79 Å². The van der Waals surface area contributed by atoms with Crippen molar-refractivity contribution in [2.75, 3.05) is 13.7 Å². The highest BCUT2D eigenvalue weighted by atomic mass is 35.5. The second-order valence-electron chi connectivity index (χ2n) is 7.79. The molecule has 8 heteroatoms. The van der Waals surface area contributed by atoms with Crippen molar-refractivity contribution in [1.29, 1.82) is 0 Å². The van der Waals surface area contributed by atoms with Crippen molar-refractivity contribution in [1.82, 2.24) is 10.6 Å². The summed E-state index contributed by atoms with van der Waals surface area (Å²) >= 11 is 18.8. The SMILES string of the molecule is COC(=O)N[C@@]12CC[C@@H](c3ccc(Cl)cc3Cl)[C@H](c3ccc(Cl)cc3)[C@@H]1CNC2=O. The molecule has 5 nitrogen and oxygen atoms in total. The number of halogens is 3. The van der Waals surface area contributed by atoms with E-state index in [4.69, 9.17) is 39.5 Å². The van der Waals surface area contributed by atoms with E-state index in [1.165, 1.54) is 7.11 Å². The minimum Gasteiger partial charge on any atom is -0.453 e. The topological polar surface area (TPSA) is 67.4 Å². The van der Waals surface area contributed by atoms with Gasteiger partial charge in [0.2, 0.25) is 5.91 Å². The number of alkyl carbamates (subject to hydrolysis) is 1. The molecular weight excluding hydrogens is 447 g/mol. The van der Waals surface area contributed by atoms with E-state index >= 15 is 0 Å². The largest absolute Gasteiger partial charge is 0.453 e. The average Bonchev–Trinajstić information content (AvgIpc) is 3.04. The number of carbonyl (C=O) groups is 2. The van der Waals surface area contributed by atoms with Gasteiger partial charge in [0.25, 0.3) is 0 Å². The summed E-state index contributed by atoms with van der Waals surface area (Å²) in [6.45, 7) is 0.442. The summed E-state index contributed by atoms with van der Waals surface area (Å²) in [5.74, 6) is -0.403. The maximum absolute atomic E-state index is 12.9. The minimum absolute atomic E-state index is 0.0428. The molecule has 2 fully saturated rings. The Morgan fingerprint density at radius 1 is 1.13 bits per heavy atom.